The van der Waals surface area contributed by atoms with Crippen LogP contribution in [0.3, 0.4) is 0 Å². The smallest absolute Gasteiger partial charge is 0.159 e. The van der Waals surface area contributed by atoms with Gasteiger partial charge in [-0.2, -0.15) is 0 Å². The standard InChI is InChI=1S/C20H18ClNO/c1-12(23)13-9-10-19-17(11-13)14-6-4-7-15(14)20(22-19)16-5-2-3-8-18(16)21/h2-6,8-11,14-15,20,22H,7H2,1H3/t14-,15+,20+/m1/s1. The summed E-state index contributed by atoms with van der Waals surface area (Å²) in [5, 5.41) is 4.46. The van der Waals surface area contributed by atoms with E-state index in [0.717, 1.165) is 28.3 Å². The van der Waals surface area contributed by atoms with Gasteiger partial charge in [-0.05, 0) is 54.7 Å². The van der Waals surface area contributed by atoms with Crippen molar-refractivity contribution in [3.8, 4) is 0 Å². The summed E-state index contributed by atoms with van der Waals surface area (Å²) in [6.07, 6.45) is 5.55. The Morgan fingerprint density at radius 1 is 1.17 bits per heavy atom. The number of rotatable bonds is 2. The Morgan fingerprint density at radius 3 is 2.78 bits per heavy atom. The van der Waals surface area contributed by atoms with Crippen molar-refractivity contribution in [1.29, 1.82) is 0 Å². The number of allylic oxidation sites excluding steroid dienone is 2. The summed E-state index contributed by atoms with van der Waals surface area (Å²) in [4.78, 5) is 11.7. The number of Topliss-reactive ketones (excluding diaryl/α,β-unsaturated/α-hetero) is 1. The van der Waals surface area contributed by atoms with Gasteiger partial charge in [-0.25, -0.2) is 0 Å². The van der Waals surface area contributed by atoms with E-state index in [-0.39, 0.29) is 11.8 Å². The second kappa shape index (κ2) is 5.54. The molecule has 3 heteroatoms. The van der Waals surface area contributed by atoms with E-state index in [0.29, 0.717) is 11.8 Å². The molecular formula is C20H18ClNO. The molecule has 2 aromatic rings. The van der Waals surface area contributed by atoms with Gasteiger partial charge in [-0.3, -0.25) is 4.79 Å². The number of nitrogens with one attached hydrogen (secondary N) is 1. The molecule has 0 fully saturated rings. The Morgan fingerprint density at radius 2 is 2.00 bits per heavy atom. The van der Waals surface area contributed by atoms with Crippen LogP contribution in [0.1, 0.15) is 46.8 Å². The van der Waals surface area contributed by atoms with Gasteiger partial charge >= 0.3 is 0 Å². The lowest BCUT2D eigenvalue weighted by Gasteiger charge is -2.38. The van der Waals surface area contributed by atoms with Crippen molar-refractivity contribution in [3.63, 3.8) is 0 Å². The van der Waals surface area contributed by atoms with Gasteiger partial charge in [0.25, 0.3) is 0 Å². The van der Waals surface area contributed by atoms with Crippen LogP contribution in [0.25, 0.3) is 0 Å². The van der Waals surface area contributed by atoms with E-state index < -0.39 is 0 Å². The van der Waals surface area contributed by atoms with Gasteiger partial charge in [0.2, 0.25) is 0 Å². The summed E-state index contributed by atoms with van der Waals surface area (Å²) in [5.74, 6) is 0.885. The normalized spacial score (nSPS) is 24.7. The first-order valence-corrected chi connectivity index (χ1v) is 8.35. The van der Waals surface area contributed by atoms with Crippen molar-refractivity contribution in [1.82, 2.24) is 0 Å². The van der Waals surface area contributed by atoms with E-state index in [2.05, 4.69) is 23.5 Å². The van der Waals surface area contributed by atoms with E-state index in [1.165, 1.54) is 5.56 Å². The topological polar surface area (TPSA) is 29.1 Å². The molecule has 0 bridgehead atoms. The monoisotopic (exact) mass is 323 g/mol. The zero-order chi connectivity index (χ0) is 16.0. The van der Waals surface area contributed by atoms with Crippen LogP contribution in [0.2, 0.25) is 5.02 Å². The minimum Gasteiger partial charge on any atom is -0.378 e. The van der Waals surface area contributed by atoms with Crippen molar-refractivity contribution >= 4 is 23.1 Å². The molecule has 0 radical (unpaired) electrons. The highest BCUT2D eigenvalue weighted by Crippen LogP contribution is 2.50. The van der Waals surface area contributed by atoms with Gasteiger partial charge in [0.1, 0.15) is 0 Å². The second-order valence-electron chi connectivity index (χ2n) is 6.36. The fourth-order valence-electron chi connectivity index (χ4n) is 3.85. The van der Waals surface area contributed by atoms with Crippen molar-refractivity contribution in [3.05, 3.63) is 76.3 Å². The Kier molecular flexibility index (Phi) is 3.50. The molecule has 23 heavy (non-hydrogen) atoms. The molecule has 2 nitrogen and oxygen atoms in total. The molecule has 0 spiro atoms. The van der Waals surface area contributed by atoms with Crippen molar-refractivity contribution in [2.45, 2.75) is 25.3 Å². The minimum absolute atomic E-state index is 0.111. The minimum atomic E-state index is 0.111. The summed E-state index contributed by atoms with van der Waals surface area (Å²) in [6.45, 7) is 1.62. The molecule has 0 saturated heterocycles. The quantitative estimate of drug-likeness (QED) is 0.594. The third-order valence-electron chi connectivity index (χ3n) is 5.01. The Balaban J connectivity index is 1.81. The van der Waals surface area contributed by atoms with E-state index in [4.69, 9.17) is 11.6 Å². The molecule has 1 N–H and O–H groups in total. The van der Waals surface area contributed by atoms with Crippen LogP contribution in [0.15, 0.2) is 54.6 Å². The number of hydrogen-bond acceptors (Lipinski definition) is 2. The van der Waals surface area contributed by atoms with E-state index in [9.17, 15) is 4.79 Å². The number of carbonyl (C=O) groups excluding carboxylic acids is 1. The number of carbonyl (C=O) groups is 1. The molecule has 2 aliphatic rings. The second-order valence-corrected chi connectivity index (χ2v) is 6.76. The molecular weight excluding hydrogens is 306 g/mol. The molecule has 2 aromatic carbocycles. The summed E-state index contributed by atoms with van der Waals surface area (Å²) in [5.41, 5.74) is 4.25. The Labute approximate surface area is 141 Å². The summed E-state index contributed by atoms with van der Waals surface area (Å²) in [7, 11) is 0. The van der Waals surface area contributed by atoms with Crippen LogP contribution in [0.4, 0.5) is 5.69 Å². The van der Waals surface area contributed by atoms with Crippen LogP contribution in [-0.4, -0.2) is 5.78 Å². The first-order chi connectivity index (χ1) is 11.1. The molecule has 1 aliphatic heterocycles. The van der Waals surface area contributed by atoms with Gasteiger partial charge in [0.05, 0.1) is 6.04 Å². The number of benzene rings is 2. The fourth-order valence-corrected chi connectivity index (χ4v) is 4.10. The van der Waals surface area contributed by atoms with E-state index in [1.54, 1.807) is 6.92 Å². The number of ketones is 1. The lowest BCUT2D eigenvalue weighted by molar-refractivity contribution is 0.101. The molecule has 0 aromatic heterocycles. The number of fused-ring (bicyclic) bond motifs is 3. The summed E-state index contributed by atoms with van der Waals surface area (Å²) in [6, 6.07) is 14.2. The molecule has 1 aliphatic carbocycles. The molecule has 3 atom stereocenters. The van der Waals surface area contributed by atoms with Crippen LogP contribution >= 0.6 is 11.6 Å². The molecule has 1 heterocycles. The predicted molar refractivity (Wildman–Crippen MR) is 94.3 cm³/mol. The highest BCUT2D eigenvalue weighted by molar-refractivity contribution is 6.31. The van der Waals surface area contributed by atoms with Gasteiger partial charge < -0.3 is 5.32 Å². The number of anilines is 1. The van der Waals surface area contributed by atoms with Crippen LogP contribution in [-0.2, 0) is 0 Å². The fraction of sp³-hybridized carbons (Fsp3) is 0.250. The maximum absolute atomic E-state index is 11.7. The zero-order valence-electron chi connectivity index (χ0n) is 12.9. The number of halogens is 1. The molecule has 0 unspecified atom stereocenters. The summed E-state index contributed by atoms with van der Waals surface area (Å²) >= 11 is 6.44. The highest BCUT2D eigenvalue weighted by Gasteiger charge is 2.38. The van der Waals surface area contributed by atoms with Crippen molar-refractivity contribution < 1.29 is 4.79 Å². The van der Waals surface area contributed by atoms with Crippen LogP contribution in [0.5, 0.6) is 0 Å². The average molecular weight is 324 g/mol. The maximum Gasteiger partial charge on any atom is 0.159 e. The molecule has 0 saturated carbocycles. The van der Waals surface area contributed by atoms with Gasteiger partial charge in [0, 0.05) is 22.2 Å². The lowest BCUT2D eigenvalue weighted by atomic mass is 9.76. The van der Waals surface area contributed by atoms with Gasteiger partial charge in [-0.1, -0.05) is 42.0 Å². The van der Waals surface area contributed by atoms with Crippen LogP contribution < -0.4 is 5.32 Å². The van der Waals surface area contributed by atoms with E-state index in [1.807, 2.05) is 36.4 Å². The molecule has 4 rings (SSSR count). The zero-order valence-corrected chi connectivity index (χ0v) is 13.7. The van der Waals surface area contributed by atoms with E-state index >= 15 is 0 Å². The van der Waals surface area contributed by atoms with Gasteiger partial charge in [0.15, 0.2) is 5.78 Å². The summed E-state index contributed by atoms with van der Waals surface area (Å²) < 4.78 is 0. The first kappa shape index (κ1) is 14.5. The molecule has 116 valence electrons. The molecule has 0 amide bonds. The van der Waals surface area contributed by atoms with Crippen molar-refractivity contribution in [2.24, 2.45) is 5.92 Å². The largest absolute Gasteiger partial charge is 0.378 e. The van der Waals surface area contributed by atoms with Crippen LogP contribution in [0, 0.1) is 5.92 Å². The lowest BCUT2D eigenvalue weighted by Crippen LogP contribution is -2.29. The Bertz CT molecular complexity index is 811. The predicted octanol–water partition coefficient (Wildman–Crippen LogP) is 5.37. The number of hydrogen-bond donors (Lipinski definition) is 1. The third kappa shape index (κ3) is 2.38. The van der Waals surface area contributed by atoms with Gasteiger partial charge in [-0.15, -0.1) is 0 Å². The maximum atomic E-state index is 11.7. The van der Waals surface area contributed by atoms with Crippen molar-refractivity contribution in [2.75, 3.05) is 5.32 Å². The SMILES string of the molecule is CC(=O)c1ccc2c(c1)[C@@H]1C=CC[C@@H]1[C@@H](c1ccccc1Cl)N2. The third-order valence-corrected chi connectivity index (χ3v) is 5.35. The highest BCUT2D eigenvalue weighted by atomic mass is 35.5. The average Bonchev–Trinajstić information content (AvgIpc) is 3.04. The first-order valence-electron chi connectivity index (χ1n) is 7.97. The Hall–Kier alpha value is -2.06.